The standard InChI is InChI=1S/C18H17Cl2N5O4/c1-3-29-13(26)7-25-8-21-16(24-25)17-22-9(2)14(18(27)28)15(23-17)11-5-4-10(19)6-12(11)20/h4-6,8,15H,3,7H2,1-2H3,(H,22,23)(H,27,28). The number of aromatic nitrogens is 3. The van der Waals surface area contributed by atoms with Gasteiger partial charge in [0, 0.05) is 21.3 Å². The molecule has 0 aliphatic carbocycles. The number of carboxylic acids is 1. The Morgan fingerprint density at radius 2 is 2.10 bits per heavy atom. The third-order valence-corrected chi connectivity index (χ3v) is 4.64. The van der Waals surface area contributed by atoms with Gasteiger partial charge in [-0.3, -0.25) is 9.79 Å². The lowest BCUT2D eigenvalue weighted by Gasteiger charge is -2.24. The van der Waals surface area contributed by atoms with Gasteiger partial charge in [0.15, 0.2) is 5.84 Å². The lowest BCUT2D eigenvalue weighted by atomic mass is 9.96. The van der Waals surface area contributed by atoms with E-state index in [1.807, 2.05) is 0 Å². The fourth-order valence-corrected chi connectivity index (χ4v) is 3.35. The second-order valence-corrected chi connectivity index (χ2v) is 6.93. The number of aliphatic imine (C=N–C) groups is 1. The highest BCUT2D eigenvalue weighted by atomic mass is 35.5. The van der Waals surface area contributed by atoms with Crippen LogP contribution in [0.2, 0.25) is 10.0 Å². The van der Waals surface area contributed by atoms with E-state index in [1.165, 1.54) is 17.1 Å². The van der Waals surface area contributed by atoms with Crippen LogP contribution in [0.3, 0.4) is 0 Å². The van der Waals surface area contributed by atoms with Gasteiger partial charge in [0.05, 0.1) is 12.2 Å². The number of benzene rings is 1. The Morgan fingerprint density at radius 1 is 1.34 bits per heavy atom. The molecule has 29 heavy (non-hydrogen) atoms. The minimum atomic E-state index is -1.13. The van der Waals surface area contributed by atoms with E-state index < -0.39 is 18.0 Å². The lowest BCUT2D eigenvalue weighted by molar-refractivity contribution is -0.144. The third-order valence-electron chi connectivity index (χ3n) is 4.07. The summed E-state index contributed by atoms with van der Waals surface area (Å²) in [6, 6.07) is 3.88. The monoisotopic (exact) mass is 437 g/mol. The van der Waals surface area contributed by atoms with Crippen molar-refractivity contribution in [2.24, 2.45) is 4.99 Å². The Balaban J connectivity index is 1.98. The summed E-state index contributed by atoms with van der Waals surface area (Å²) in [6.07, 6.45) is 1.37. The summed E-state index contributed by atoms with van der Waals surface area (Å²) in [4.78, 5) is 32.1. The number of halogens is 2. The van der Waals surface area contributed by atoms with Crippen LogP contribution in [0, 0.1) is 0 Å². The third kappa shape index (κ3) is 4.57. The summed E-state index contributed by atoms with van der Waals surface area (Å²) in [7, 11) is 0. The first-order chi connectivity index (χ1) is 13.8. The second kappa shape index (κ2) is 8.62. The summed E-state index contributed by atoms with van der Waals surface area (Å²) >= 11 is 12.2. The number of carboxylic acid groups (broad SMARTS) is 1. The Morgan fingerprint density at radius 3 is 2.76 bits per heavy atom. The first-order valence-electron chi connectivity index (χ1n) is 8.59. The van der Waals surface area contributed by atoms with Gasteiger partial charge in [-0.25, -0.2) is 14.5 Å². The molecule has 11 heteroatoms. The number of aliphatic carboxylic acids is 1. The molecule has 3 rings (SSSR count). The number of amidine groups is 1. The number of nitrogens with zero attached hydrogens (tertiary/aromatic N) is 4. The molecule has 1 aliphatic rings. The van der Waals surface area contributed by atoms with Crippen molar-refractivity contribution in [3.8, 4) is 0 Å². The molecule has 0 radical (unpaired) electrons. The van der Waals surface area contributed by atoms with E-state index in [0.29, 0.717) is 21.3 Å². The Kier molecular flexibility index (Phi) is 6.19. The van der Waals surface area contributed by atoms with Crippen LogP contribution in [0.1, 0.15) is 31.3 Å². The predicted octanol–water partition coefficient (Wildman–Crippen LogP) is 2.60. The maximum atomic E-state index is 11.8. The zero-order valence-corrected chi connectivity index (χ0v) is 17.0. The van der Waals surface area contributed by atoms with Crippen LogP contribution in [0.15, 0.2) is 40.8 Å². The maximum Gasteiger partial charge on any atom is 0.335 e. The Bertz CT molecular complexity index is 1030. The van der Waals surface area contributed by atoms with Gasteiger partial charge in [-0.15, -0.1) is 5.10 Å². The van der Waals surface area contributed by atoms with E-state index >= 15 is 0 Å². The normalized spacial score (nSPS) is 16.3. The molecule has 0 spiro atoms. The van der Waals surface area contributed by atoms with Gasteiger partial charge in [0.2, 0.25) is 5.82 Å². The SMILES string of the molecule is CCOC(=O)Cn1cnc(C2=NC(c3ccc(Cl)cc3Cl)C(C(=O)O)=C(C)N2)n1. The fraction of sp³-hybridized carbons (Fsp3) is 0.278. The molecule has 9 nitrogen and oxygen atoms in total. The molecule has 1 unspecified atom stereocenters. The summed E-state index contributed by atoms with van der Waals surface area (Å²) in [5.41, 5.74) is 0.905. The number of carbonyl (C=O) groups excluding carboxylic acids is 1. The number of hydrogen-bond donors (Lipinski definition) is 2. The highest BCUT2D eigenvalue weighted by molar-refractivity contribution is 6.35. The Hall–Kier alpha value is -2.91. The van der Waals surface area contributed by atoms with Gasteiger partial charge in [-0.1, -0.05) is 29.3 Å². The van der Waals surface area contributed by atoms with E-state index in [-0.39, 0.29) is 30.4 Å². The molecule has 2 N–H and O–H groups in total. The van der Waals surface area contributed by atoms with Crippen molar-refractivity contribution in [1.82, 2.24) is 20.1 Å². The number of carbonyl (C=O) groups is 2. The van der Waals surface area contributed by atoms with Crippen LogP contribution in [0.25, 0.3) is 0 Å². The highest BCUT2D eigenvalue weighted by Crippen LogP contribution is 2.36. The summed E-state index contributed by atoms with van der Waals surface area (Å²) in [5.74, 6) is -1.12. The van der Waals surface area contributed by atoms with Crippen LogP contribution in [0.5, 0.6) is 0 Å². The number of nitrogens with one attached hydrogen (secondary N) is 1. The molecule has 0 amide bonds. The fourth-order valence-electron chi connectivity index (χ4n) is 2.83. The van der Waals surface area contributed by atoms with Crippen molar-refractivity contribution >= 4 is 41.0 Å². The Labute approximate surface area is 176 Å². The van der Waals surface area contributed by atoms with Crippen LogP contribution in [-0.4, -0.2) is 44.3 Å². The molecule has 2 heterocycles. The zero-order valence-electron chi connectivity index (χ0n) is 15.5. The van der Waals surface area contributed by atoms with Crippen molar-refractivity contribution in [3.05, 3.63) is 57.2 Å². The van der Waals surface area contributed by atoms with Gasteiger partial charge >= 0.3 is 11.9 Å². The minimum absolute atomic E-state index is 0.0453. The van der Waals surface area contributed by atoms with Crippen molar-refractivity contribution in [1.29, 1.82) is 0 Å². The smallest absolute Gasteiger partial charge is 0.335 e. The topological polar surface area (TPSA) is 119 Å². The van der Waals surface area contributed by atoms with Crippen molar-refractivity contribution in [2.75, 3.05) is 6.61 Å². The van der Waals surface area contributed by atoms with Gasteiger partial charge in [-0.2, -0.15) is 0 Å². The van der Waals surface area contributed by atoms with Crippen LogP contribution >= 0.6 is 23.2 Å². The van der Waals surface area contributed by atoms with E-state index in [0.717, 1.165) is 0 Å². The highest BCUT2D eigenvalue weighted by Gasteiger charge is 2.31. The molecular formula is C18H17Cl2N5O4. The molecule has 1 aromatic carbocycles. The van der Waals surface area contributed by atoms with Gasteiger partial charge < -0.3 is 15.2 Å². The van der Waals surface area contributed by atoms with Crippen LogP contribution < -0.4 is 5.32 Å². The molecule has 1 atom stereocenters. The summed E-state index contributed by atoms with van der Waals surface area (Å²) < 4.78 is 6.20. The maximum absolute atomic E-state index is 11.8. The molecule has 0 fully saturated rings. The van der Waals surface area contributed by atoms with Gasteiger partial charge in [0.1, 0.15) is 18.9 Å². The van der Waals surface area contributed by atoms with E-state index in [9.17, 15) is 14.7 Å². The number of ether oxygens (including phenoxy) is 1. The molecule has 152 valence electrons. The molecule has 1 aromatic heterocycles. The molecular weight excluding hydrogens is 421 g/mol. The zero-order chi connectivity index (χ0) is 21.1. The quantitative estimate of drug-likeness (QED) is 0.666. The average Bonchev–Trinajstić information content (AvgIpc) is 3.09. The van der Waals surface area contributed by atoms with Crippen molar-refractivity contribution < 1.29 is 19.4 Å². The number of rotatable bonds is 6. The minimum Gasteiger partial charge on any atom is -0.478 e. The second-order valence-electron chi connectivity index (χ2n) is 6.09. The summed E-state index contributed by atoms with van der Waals surface area (Å²) in [5, 5.41) is 17.5. The van der Waals surface area contributed by atoms with E-state index in [2.05, 4.69) is 20.4 Å². The van der Waals surface area contributed by atoms with Crippen molar-refractivity contribution in [2.45, 2.75) is 26.4 Å². The molecule has 0 saturated carbocycles. The number of allylic oxidation sites excluding steroid dienone is 1. The van der Waals surface area contributed by atoms with E-state index in [4.69, 9.17) is 27.9 Å². The predicted molar refractivity (Wildman–Crippen MR) is 106 cm³/mol. The number of hydrogen-bond acceptors (Lipinski definition) is 7. The molecule has 0 bridgehead atoms. The van der Waals surface area contributed by atoms with E-state index in [1.54, 1.807) is 26.0 Å². The van der Waals surface area contributed by atoms with Gasteiger partial charge in [-0.05, 0) is 26.0 Å². The largest absolute Gasteiger partial charge is 0.478 e. The van der Waals surface area contributed by atoms with Gasteiger partial charge in [0.25, 0.3) is 0 Å². The number of esters is 1. The van der Waals surface area contributed by atoms with Crippen LogP contribution in [0.4, 0.5) is 0 Å². The summed E-state index contributed by atoms with van der Waals surface area (Å²) in [6.45, 7) is 3.49. The molecule has 2 aromatic rings. The molecule has 1 aliphatic heterocycles. The first kappa shape index (κ1) is 20.8. The molecule has 0 saturated heterocycles. The van der Waals surface area contributed by atoms with Crippen molar-refractivity contribution in [3.63, 3.8) is 0 Å². The average molecular weight is 438 g/mol. The van der Waals surface area contributed by atoms with Crippen LogP contribution in [-0.2, 0) is 20.9 Å². The first-order valence-corrected chi connectivity index (χ1v) is 9.35. The lowest BCUT2D eigenvalue weighted by Crippen LogP contribution is -2.33.